The normalized spacial score (nSPS) is 10.2. The van der Waals surface area contributed by atoms with Crippen molar-refractivity contribution < 1.29 is 9.53 Å². The highest BCUT2D eigenvalue weighted by Gasteiger charge is 2.17. The molecule has 2 aromatic rings. The van der Waals surface area contributed by atoms with Crippen molar-refractivity contribution in [1.29, 1.82) is 0 Å². The molecule has 2 rings (SSSR count). The third-order valence-corrected chi connectivity index (χ3v) is 3.30. The number of methoxy groups -OCH3 is 1. The van der Waals surface area contributed by atoms with E-state index in [0.29, 0.717) is 23.5 Å². The molecule has 4 heteroatoms. The second-order valence-electron chi connectivity index (χ2n) is 5.11. The van der Waals surface area contributed by atoms with Gasteiger partial charge in [0.2, 0.25) is 0 Å². The Morgan fingerprint density at radius 1 is 1.24 bits per heavy atom. The number of carbonyl (C=O) groups excluding carboxylic acids is 1. The van der Waals surface area contributed by atoms with Crippen LogP contribution in [-0.2, 0) is 6.54 Å². The predicted octanol–water partition coefficient (Wildman–Crippen LogP) is 2.86. The number of nitrogens with zero attached hydrogens (tertiary/aromatic N) is 1. The van der Waals surface area contributed by atoms with Gasteiger partial charge < -0.3 is 15.4 Å². The van der Waals surface area contributed by atoms with Crippen LogP contribution in [-0.4, -0.2) is 25.0 Å². The van der Waals surface area contributed by atoms with Gasteiger partial charge in [0, 0.05) is 19.3 Å². The summed E-state index contributed by atoms with van der Waals surface area (Å²) in [6.07, 6.45) is 0. The molecule has 1 amide bonds. The van der Waals surface area contributed by atoms with Crippen LogP contribution >= 0.6 is 0 Å². The van der Waals surface area contributed by atoms with Gasteiger partial charge in [0.05, 0.1) is 12.7 Å². The van der Waals surface area contributed by atoms with Crippen molar-refractivity contribution >= 4 is 11.6 Å². The number of ether oxygens (including phenoxy) is 1. The Balaban J connectivity index is 2.21. The second-order valence-corrected chi connectivity index (χ2v) is 5.11. The van der Waals surface area contributed by atoms with Gasteiger partial charge in [-0.3, -0.25) is 4.79 Å². The zero-order valence-corrected chi connectivity index (χ0v) is 12.6. The van der Waals surface area contributed by atoms with Crippen molar-refractivity contribution in [1.82, 2.24) is 4.90 Å². The number of hydrogen-bond acceptors (Lipinski definition) is 3. The van der Waals surface area contributed by atoms with Crippen molar-refractivity contribution in [3.8, 4) is 5.75 Å². The van der Waals surface area contributed by atoms with E-state index in [1.807, 2.05) is 25.1 Å². The maximum absolute atomic E-state index is 12.6. The molecule has 0 bridgehead atoms. The maximum Gasteiger partial charge on any atom is 0.257 e. The molecule has 0 spiro atoms. The highest BCUT2D eigenvalue weighted by atomic mass is 16.5. The number of nitrogens with two attached hydrogens (primary N) is 1. The Hall–Kier alpha value is -2.49. The van der Waals surface area contributed by atoms with Crippen molar-refractivity contribution in [2.75, 3.05) is 19.9 Å². The van der Waals surface area contributed by atoms with Crippen LogP contribution in [0.4, 0.5) is 5.69 Å². The number of aryl methyl sites for hydroxylation is 1. The fourth-order valence-electron chi connectivity index (χ4n) is 2.25. The largest absolute Gasteiger partial charge is 0.496 e. The first-order valence-electron chi connectivity index (χ1n) is 6.76. The average Bonchev–Trinajstić information content (AvgIpc) is 2.46. The van der Waals surface area contributed by atoms with Gasteiger partial charge in [-0.25, -0.2) is 0 Å². The van der Waals surface area contributed by atoms with Crippen LogP contribution < -0.4 is 10.5 Å². The summed E-state index contributed by atoms with van der Waals surface area (Å²) in [5.41, 5.74) is 9.06. The van der Waals surface area contributed by atoms with Crippen LogP contribution in [0.1, 0.15) is 21.5 Å². The third-order valence-electron chi connectivity index (χ3n) is 3.30. The number of anilines is 1. The van der Waals surface area contributed by atoms with Crippen molar-refractivity contribution in [2.24, 2.45) is 0 Å². The predicted molar refractivity (Wildman–Crippen MR) is 84.4 cm³/mol. The fraction of sp³-hybridized carbons (Fsp3) is 0.235. The smallest absolute Gasteiger partial charge is 0.257 e. The molecule has 0 saturated heterocycles. The number of nitrogen functional groups attached to an aromatic ring is 1. The van der Waals surface area contributed by atoms with Crippen LogP contribution in [0.25, 0.3) is 0 Å². The molecule has 0 aliphatic rings. The topological polar surface area (TPSA) is 55.6 Å². The third kappa shape index (κ3) is 3.54. The van der Waals surface area contributed by atoms with E-state index in [-0.39, 0.29) is 5.91 Å². The van der Waals surface area contributed by atoms with E-state index in [2.05, 4.69) is 6.07 Å². The van der Waals surface area contributed by atoms with Crippen LogP contribution in [0.5, 0.6) is 5.75 Å². The number of rotatable bonds is 4. The second kappa shape index (κ2) is 6.31. The summed E-state index contributed by atoms with van der Waals surface area (Å²) in [5, 5.41) is 0. The number of amides is 1. The summed E-state index contributed by atoms with van der Waals surface area (Å²) >= 11 is 0. The lowest BCUT2D eigenvalue weighted by molar-refractivity contribution is 0.0781. The quantitative estimate of drug-likeness (QED) is 0.878. The Morgan fingerprint density at radius 2 is 2.00 bits per heavy atom. The molecule has 0 heterocycles. The summed E-state index contributed by atoms with van der Waals surface area (Å²) < 4.78 is 5.24. The fourth-order valence-corrected chi connectivity index (χ4v) is 2.25. The maximum atomic E-state index is 12.6. The van der Waals surface area contributed by atoms with Gasteiger partial charge in [-0.05, 0) is 30.7 Å². The van der Waals surface area contributed by atoms with Gasteiger partial charge in [-0.1, -0.05) is 29.8 Å². The van der Waals surface area contributed by atoms with E-state index in [1.165, 1.54) is 5.56 Å². The minimum Gasteiger partial charge on any atom is -0.496 e. The van der Waals surface area contributed by atoms with E-state index >= 15 is 0 Å². The van der Waals surface area contributed by atoms with E-state index in [9.17, 15) is 4.79 Å². The van der Waals surface area contributed by atoms with E-state index < -0.39 is 0 Å². The summed E-state index contributed by atoms with van der Waals surface area (Å²) in [6, 6.07) is 13.2. The molecule has 0 aromatic heterocycles. The number of benzene rings is 2. The zero-order chi connectivity index (χ0) is 15.4. The SMILES string of the molecule is COc1ccc(N)cc1C(=O)N(C)Cc1cccc(C)c1. The molecule has 2 aromatic carbocycles. The standard InChI is InChI=1S/C17H20N2O2/c1-12-5-4-6-13(9-12)11-19(2)17(20)15-10-14(18)7-8-16(15)21-3/h4-10H,11,18H2,1-3H3. The first-order valence-corrected chi connectivity index (χ1v) is 6.76. The summed E-state index contributed by atoms with van der Waals surface area (Å²) in [6.45, 7) is 2.57. The molecule has 4 nitrogen and oxygen atoms in total. The van der Waals surface area contributed by atoms with E-state index in [1.54, 1.807) is 37.3 Å². The van der Waals surface area contributed by atoms with E-state index in [4.69, 9.17) is 10.5 Å². The zero-order valence-electron chi connectivity index (χ0n) is 12.6. The van der Waals surface area contributed by atoms with Gasteiger partial charge >= 0.3 is 0 Å². The molecule has 21 heavy (non-hydrogen) atoms. The summed E-state index contributed by atoms with van der Waals surface area (Å²) in [7, 11) is 3.32. The molecule has 0 saturated carbocycles. The lowest BCUT2D eigenvalue weighted by atomic mass is 10.1. The van der Waals surface area contributed by atoms with Gasteiger partial charge in [0.25, 0.3) is 5.91 Å². The Kier molecular flexibility index (Phi) is 4.48. The first kappa shape index (κ1) is 14.9. The molecule has 2 N–H and O–H groups in total. The van der Waals surface area contributed by atoms with Crippen LogP contribution in [0, 0.1) is 6.92 Å². The van der Waals surface area contributed by atoms with Crippen molar-refractivity contribution in [2.45, 2.75) is 13.5 Å². The average molecular weight is 284 g/mol. The highest BCUT2D eigenvalue weighted by molar-refractivity contribution is 5.97. The Morgan fingerprint density at radius 3 is 2.67 bits per heavy atom. The van der Waals surface area contributed by atoms with Gasteiger partial charge in [0.1, 0.15) is 5.75 Å². The molecule has 110 valence electrons. The monoisotopic (exact) mass is 284 g/mol. The van der Waals surface area contributed by atoms with Crippen molar-refractivity contribution in [3.05, 3.63) is 59.2 Å². The number of carbonyl (C=O) groups is 1. The van der Waals surface area contributed by atoms with E-state index in [0.717, 1.165) is 5.56 Å². The summed E-state index contributed by atoms with van der Waals surface area (Å²) in [4.78, 5) is 14.2. The molecule has 0 radical (unpaired) electrons. The van der Waals surface area contributed by atoms with Crippen LogP contribution in [0.3, 0.4) is 0 Å². The minimum absolute atomic E-state index is 0.111. The minimum atomic E-state index is -0.111. The lowest BCUT2D eigenvalue weighted by Crippen LogP contribution is -2.26. The van der Waals surface area contributed by atoms with Crippen molar-refractivity contribution in [3.63, 3.8) is 0 Å². The van der Waals surface area contributed by atoms with Gasteiger partial charge in [-0.2, -0.15) is 0 Å². The Bertz CT molecular complexity index is 653. The number of hydrogen-bond donors (Lipinski definition) is 1. The molecule has 0 aliphatic heterocycles. The molecule has 0 atom stereocenters. The molecule has 0 aliphatic carbocycles. The highest BCUT2D eigenvalue weighted by Crippen LogP contribution is 2.23. The molecule has 0 fully saturated rings. The molecular formula is C17H20N2O2. The van der Waals surface area contributed by atoms with Gasteiger partial charge in [0.15, 0.2) is 0 Å². The first-order chi connectivity index (χ1) is 10.0. The molecule has 0 unspecified atom stereocenters. The van der Waals surface area contributed by atoms with Crippen LogP contribution in [0.15, 0.2) is 42.5 Å². The van der Waals surface area contributed by atoms with Gasteiger partial charge in [-0.15, -0.1) is 0 Å². The molecular weight excluding hydrogens is 264 g/mol. The Labute approximate surface area is 125 Å². The summed E-state index contributed by atoms with van der Waals surface area (Å²) in [5.74, 6) is 0.422. The lowest BCUT2D eigenvalue weighted by Gasteiger charge is -2.19. The van der Waals surface area contributed by atoms with Crippen LogP contribution in [0.2, 0.25) is 0 Å².